The molecule has 114 valence electrons. The molecule has 1 N–H and O–H groups in total. The number of halogens is 1. The molecule has 1 aromatic carbocycles. The van der Waals surface area contributed by atoms with E-state index in [1.807, 2.05) is 23.8 Å². The molecule has 0 aliphatic rings. The Hall–Kier alpha value is -0.900. The maximum atomic E-state index is 6.31. The van der Waals surface area contributed by atoms with E-state index in [4.69, 9.17) is 11.6 Å². The molecule has 0 fully saturated rings. The molecule has 1 heterocycles. The molecule has 0 saturated carbocycles. The number of nitrogens with one attached hydrogen (secondary N) is 1. The second kappa shape index (κ2) is 7.39. The van der Waals surface area contributed by atoms with Crippen LogP contribution in [0.3, 0.4) is 0 Å². The lowest BCUT2D eigenvalue weighted by atomic mass is 9.94. The minimum absolute atomic E-state index is 0.131. The molecule has 0 amide bonds. The highest BCUT2D eigenvalue weighted by atomic mass is 35.5. The molecule has 2 nitrogen and oxygen atoms in total. The summed E-state index contributed by atoms with van der Waals surface area (Å²) in [4.78, 5) is 5.52. The van der Waals surface area contributed by atoms with E-state index in [2.05, 4.69) is 43.2 Å². The number of thiazole rings is 1. The number of rotatable bonds is 6. The first-order valence-corrected chi connectivity index (χ1v) is 8.55. The maximum Gasteiger partial charge on any atom is 0.0794 e. The van der Waals surface area contributed by atoms with E-state index < -0.39 is 0 Å². The highest BCUT2D eigenvalue weighted by molar-refractivity contribution is 7.09. The van der Waals surface area contributed by atoms with E-state index in [1.165, 1.54) is 10.4 Å². The third-order valence-electron chi connectivity index (χ3n) is 3.36. The number of hydrogen-bond donors (Lipinski definition) is 1. The van der Waals surface area contributed by atoms with Gasteiger partial charge in [0.25, 0.3) is 0 Å². The van der Waals surface area contributed by atoms with Gasteiger partial charge in [-0.15, -0.1) is 11.3 Å². The summed E-state index contributed by atoms with van der Waals surface area (Å²) in [6, 6.07) is 8.14. The van der Waals surface area contributed by atoms with Gasteiger partial charge >= 0.3 is 0 Å². The lowest BCUT2D eigenvalue weighted by Crippen LogP contribution is -2.40. The zero-order chi connectivity index (χ0) is 15.3. The summed E-state index contributed by atoms with van der Waals surface area (Å²) in [7, 11) is 0. The maximum absolute atomic E-state index is 6.31. The molecule has 0 radical (unpaired) electrons. The predicted octanol–water partition coefficient (Wildman–Crippen LogP) is 4.59. The van der Waals surface area contributed by atoms with Crippen LogP contribution < -0.4 is 5.32 Å². The van der Waals surface area contributed by atoms with Crippen molar-refractivity contribution in [3.8, 4) is 0 Å². The summed E-state index contributed by atoms with van der Waals surface area (Å²) in [6.07, 6.45) is 4.00. The normalized spacial score (nSPS) is 13.3. The Morgan fingerprint density at radius 1 is 1.24 bits per heavy atom. The number of hydrogen-bond acceptors (Lipinski definition) is 3. The molecule has 1 aromatic heterocycles. The molecule has 0 saturated heterocycles. The van der Waals surface area contributed by atoms with Gasteiger partial charge in [-0.2, -0.15) is 0 Å². The quantitative estimate of drug-likeness (QED) is 0.841. The first kappa shape index (κ1) is 16.5. The molecule has 0 bridgehead atoms. The van der Waals surface area contributed by atoms with Gasteiger partial charge < -0.3 is 5.32 Å². The average molecular weight is 323 g/mol. The van der Waals surface area contributed by atoms with E-state index in [-0.39, 0.29) is 5.54 Å². The number of aromatic nitrogens is 1. The topological polar surface area (TPSA) is 24.9 Å². The van der Waals surface area contributed by atoms with E-state index in [1.54, 1.807) is 11.3 Å². The van der Waals surface area contributed by atoms with Crippen molar-refractivity contribution in [3.63, 3.8) is 0 Å². The van der Waals surface area contributed by atoms with Crippen molar-refractivity contribution in [1.82, 2.24) is 10.3 Å². The van der Waals surface area contributed by atoms with Crippen LogP contribution in [0, 0.1) is 5.92 Å². The van der Waals surface area contributed by atoms with Crippen LogP contribution >= 0.6 is 22.9 Å². The lowest BCUT2D eigenvalue weighted by molar-refractivity contribution is 0.368. The minimum atomic E-state index is 0.131. The van der Waals surface area contributed by atoms with Crippen molar-refractivity contribution in [2.45, 2.75) is 39.2 Å². The summed E-state index contributed by atoms with van der Waals surface area (Å²) >= 11 is 8.04. The fraction of sp³-hybridized carbons (Fsp3) is 0.471. The number of benzene rings is 1. The van der Waals surface area contributed by atoms with Crippen LogP contribution in [0.5, 0.6) is 0 Å². The molecule has 2 aromatic rings. The predicted molar refractivity (Wildman–Crippen MR) is 92.2 cm³/mol. The van der Waals surface area contributed by atoms with Crippen LogP contribution in [0.1, 0.15) is 31.2 Å². The summed E-state index contributed by atoms with van der Waals surface area (Å²) in [5.41, 5.74) is 3.26. The van der Waals surface area contributed by atoms with Crippen LogP contribution in [0.25, 0.3) is 0 Å². The zero-order valence-electron chi connectivity index (χ0n) is 12.9. The second-order valence-corrected chi connectivity index (χ2v) is 7.84. The zero-order valence-corrected chi connectivity index (χ0v) is 14.5. The summed E-state index contributed by atoms with van der Waals surface area (Å²) in [6.45, 7) is 7.58. The Labute approximate surface area is 136 Å². The van der Waals surface area contributed by atoms with Crippen molar-refractivity contribution >= 4 is 22.9 Å². The lowest BCUT2D eigenvalue weighted by Gasteiger charge is -2.25. The third kappa shape index (κ3) is 5.77. The van der Waals surface area contributed by atoms with Gasteiger partial charge in [-0.05, 0) is 57.7 Å². The molecular weight excluding hydrogens is 300 g/mol. The standard InChI is InChI=1S/C17H23ClN2S/c1-17(2,3)20-10-13(9-15-11-19-12-21-15)8-14-6-4-5-7-16(14)18/h4-7,11-13,20H,8-10H2,1-3H3. The first-order chi connectivity index (χ1) is 9.94. The van der Waals surface area contributed by atoms with E-state index in [9.17, 15) is 0 Å². The molecule has 0 aliphatic heterocycles. The third-order valence-corrected chi connectivity index (χ3v) is 4.53. The molecule has 2 rings (SSSR count). The molecule has 1 atom stereocenters. The smallest absolute Gasteiger partial charge is 0.0794 e. The van der Waals surface area contributed by atoms with E-state index in [0.29, 0.717) is 5.92 Å². The molecule has 1 unspecified atom stereocenters. The van der Waals surface area contributed by atoms with E-state index >= 15 is 0 Å². The molecular formula is C17H23ClN2S. The highest BCUT2D eigenvalue weighted by Gasteiger charge is 2.17. The monoisotopic (exact) mass is 322 g/mol. The minimum Gasteiger partial charge on any atom is -0.312 e. The largest absolute Gasteiger partial charge is 0.312 e. The molecule has 0 aliphatic carbocycles. The second-order valence-electron chi connectivity index (χ2n) is 6.46. The van der Waals surface area contributed by atoms with Crippen molar-refractivity contribution in [2.24, 2.45) is 5.92 Å². The van der Waals surface area contributed by atoms with Crippen molar-refractivity contribution in [3.05, 3.63) is 51.4 Å². The summed E-state index contributed by atoms with van der Waals surface area (Å²) in [5, 5.41) is 4.48. The van der Waals surface area contributed by atoms with Crippen molar-refractivity contribution < 1.29 is 0 Å². The van der Waals surface area contributed by atoms with Gasteiger partial charge in [0.05, 0.1) is 5.51 Å². The van der Waals surface area contributed by atoms with Crippen LogP contribution in [0.15, 0.2) is 36.0 Å². The van der Waals surface area contributed by atoms with Crippen molar-refractivity contribution in [1.29, 1.82) is 0 Å². The first-order valence-electron chi connectivity index (χ1n) is 7.30. The van der Waals surface area contributed by atoms with Gasteiger partial charge in [0.15, 0.2) is 0 Å². The van der Waals surface area contributed by atoms with Crippen molar-refractivity contribution in [2.75, 3.05) is 6.54 Å². The molecule has 21 heavy (non-hydrogen) atoms. The highest BCUT2D eigenvalue weighted by Crippen LogP contribution is 2.22. The Balaban J connectivity index is 2.06. The fourth-order valence-corrected chi connectivity index (χ4v) is 3.19. The summed E-state index contributed by atoms with van der Waals surface area (Å²) in [5.74, 6) is 0.518. The van der Waals surface area contributed by atoms with Gasteiger partial charge in [0, 0.05) is 21.6 Å². The van der Waals surface area contributed by atoms with Gasteiger partial charge in [-0.3, -0.25) is 4.98 Å². The van der Waals surface area contributed by atoms with Crippen LogP contribution in [-0.2, 0) is 12.8 Å². The number of nitrogens with zero attached hydrogens (tertiary/aromatic N) is 1. The molecule has 4 heteroatoms. The fourth-order valence-electron chi connectivity index (χ4n) is 2.27. The van der Waals surface area contributed by atoms with Gasteiger partial charge in [-0.1, -0.05) is 29.8 Å². The average Bonchev–Trinajstić information content (AvgIpc) is 2.90. The summed E-state index contributed by atoms with van der Waals surface area (Å²) < 4.78 is 0. The Morgan fingerprint density at radius 3 is 2.62 bits per heavy atom. The van der Waals surface area contributed by atoms with Crippen LogP contribution in [0.2, 0.25) is 5.02 Å². The SMILES string of the molecule is CC(C)(C)NCC(Cc1cncs1)Cc1ccccc1Cl. The molecule has 0 spiro atoms. The van der Waals surface area contributed by atoms with Gasteiger partial charge in [0.1, 0.15) is 0 Å². The van der Waals surface area contributed by atoms with Crippen LogP contribution in [-0.4, -0.2) is 17.1 Å². The van der Waals surface area contributed by atoms with Gasteiger partial charge in [-0.25, -0.2) is 0 Å². The Morgan fingerprint density at radius 2 is 2.00 bits per heavy atom. The van der Waals surface area contributed by atoms with Crippen LogP contribution in [0.4, 0.5) is 0 Å². The Kier molecular flexibility index (Phi) is 5.80. The van der Waals surface area contributed by atoms with E-state index in [0.717, 1.165) is 24.4 Å². The van der Waals surface area contributed by atoms with Gasteiger partial charge in [0.2, 0.25) is 0 Å². The Bertz CT molecular complexity index is 546.